The van der Waals surface area contributed by atoms with E-state index in [1.807, 2.05) is 0 Å². The molecule has 0 aromatic heterocycles. The fraction of sp³-hybridized carbons (Fsp3) is 0.909. The van der Waals surface area contributed by atoms with E-state index in [4.69, 9.17) is 9.47 Å². The van der Waals surface area contributed by atoms with Gasteiger partial charge in [-0.3, -0.25) is 4.79 Å². The molecule has 1 fully saturated rings. The molecule has 1 unspecified atom stereocenters. The smallest absolute Gasteiger partial charge is 0.235 e. The van der Waals surface area contributed by atoms with Crippen molar-refractivity contribution in [3.63, 3.8) is 0 Å². The molecule has 1 saturated heterocycles. The standard InChI is InChI=1S/C11H22N2O5S/c1-17-7-5-13(19(2,15)16)9-11(14)12-8-10-4-3-6-18-10/h10H,3-9H2,1-2H3,(H,12,14). The zero-order chi connectivity index (χ0) is 14.3. The molecule has 7 nitrogen and oxygen atoms in total. The molecule has 8 heteroatoms. The summed E-state index contributed by atoms with van der Waals surface area (Å²) in [5, 5.41) is 2.69. The van der Waals surface area contributed by atoms with E-state index in [9.17, 15) is 13.2 Å². The average molecular weight is 294 g/mol. The second kappa shape index (κ2) is 7.78. The molecule has 0 bridgehead atoms. The maximum absolute atomic E-state index is 11.7. The van der Waals surface area contributed by atoms with Crippen molar-refractivity contribution in [2.75, 3.05) is 46.2 Å². The van der Waals surface area contributed by atoms with Crippen LogP contribution < -0.4 is 5.32 Å². The van der Waals surface area contributed by atoms with E-state index >= 15 is 0 Å². The summed E-state index contributed by atoms with van der Waals surface area (Å²) in [5.41, 5.74) is 0. The molecule has 1 atom stereocenters. The Morgan fingerprint density at radius 2 is 2.26 bits per heavy atom. The third-order valence-electron chi connectivity index (χ3n) is 2.88. The molecule has 0 aromatic carbocycles. The van der Waals surface area contributed by atoms with Crippen LogP contribution in [0.25, 0.3) is 0 Å². The van der Waals surface area contributed by atoms with Crippen molar-refractivity contribution in [3.8, 4) is 0 Å². The summed E-state index contributed by atoms with van der Waals surface area (Å²) in [5.74, 6) is -0.322. The van der Waals surface area contributed by atoms with Crippen LogP contribution in [0.3, 0.4) is 0 Å². The van der Waals surface area contributed by atoms with Crippen LogP contribution in [0.2, 0.25) is 0 Å². The van der Waals surface area contributed by atoms with Gasteiger partial charge in [0, 0.05) is 26.8 Å². The number of carbonyl (C=O) groups is 1. The highest BCUT2D eigenvalue weighted by molar-refractivity contribution is 7.88. The largest absolute Gasteiger partial charge is 0.383 e. The van der Waals surface area contributed by atoms with E-state index in [-0.39, 0.29) is 31.7 Å². The van der Waals surface area contributed by atoms with Gasteiger partial charge in [0.05, 0.1) is 25.5 Å². The Labute approximate surface area is 114 Å². The number of rotatable bonds is 8. The third kappa shape index (κ3) is 6.33. The van der Waals surface area contributed by atoms with Crippen LogP contribution in [0.5, 0.6) is 0 Å². The lowest BCUT2D eigenvalue weighted by molar-refractivity contribution is -0.121. The number of amides is 1. The van der Waals surface area contributed by atoms with E-state index in [2.05, 4.69) is 5.32 Å². The Hall–Kier alpha value is -0.700. The van der Waals surface area contributed by atoms with Crippen molar-refractivity contribution < 1.29 is 22.7 Å². The number of nitrogens with zero attached hydrogens (tertiary/aromatic N) is 1. The van der Waals surface area contributed by atoms with Gasteiger partial charge in [0.2, 0.25) is 15.9 Å². The van der Waals surface area contributed by atoms with Gasteiger partial charge in [-0.2, -0.15) is 4.31 Å². The van der Waals surface area contributed by atoms with Crippen LogP contribution in [0, 0.1) is 0 Å². The minimum Gasteiger partial charge on any atom is -0.383 e. The highest BCUT2D eigenvalue weighted by atomic mass is 32.2. The Morgan fingerprint density at radius 3 is 2.79 bits per heavy atom. The lowest BCUT2D eigenvalue weighted by Crippen LogP contribution is -2.43. The van der Waals surface area contributed by atoms with Gasteiger partial charge in [0.15, 0.2) is 0 Å². The fourth-order valence-electron chi connectivity index (χ4n) is 1.80. The number of ether oxygens (including phenoxy) is 2. The number of nitrogens with one attached hydrogen (secondary N) is 1. The molecule has 0 aliphatic carbocycles. The Kier molecular flexibility index (Phi) is 6.70. The molecule has 0 saturated carbocycles. The minimum atomic E-state index is -3.41. The third-order valence-corrected chi connectivity index (χ3v) is 4.13. The summed E-state index contributed by atoms with van der Waals surface area (Å²) < 4.78 is 34.3. The lowest BCUT2D eigenvalue weighted by Gasteiger charge is -2.19. The zero-order valence-electron chi connectivity index (χ0n) is 11.4. The van der Waals surface area contributed by atoms with Gasteiger partial charge >= 0.3 is 0 Å². The molecular weight excluding hydrogens is 272 g/mol. The maximum Gasteiger partial charge on any atom is 0.235 e. The SMILES string of the molecule is COCCN(CC(=O)NCC1CCCO1)S(C)(=O)=O. The summed E-state index contributed by atoms with van der Waals surface area (Å²) >= 11 is 0. The Balaban J connectivity index is 2.37. The number of carbonyl (C=O) groups excluding carboxylic acids is 1. The highest BCUT2D eigenvalue weighted by Crippen LogP contribution is 2.10. The summed E-state index contributed by atoms with van der Waals surface area (Å²) in [6.07, 6.45) is 3.06. The van der Waals surface area contributed by atoms with E-state index in [0.717, 1.165) is 30.0 Å². The van der Waals surface area contributed by atoms with Gasteiger partial charge < -0.3 is 14.8 Å². The first kappa shape index (κ1) is 16.4. The number of hydrogen-bond acceptors (Lipinski definition) is 5. The summed E-state index contributed by atoms with van der Waals surface area (Å²) in [7, 11) is -1.92. The molecule has 1 rings (SSSR count). The lowest BCUT2D eigenvalue weighted by atomic mass is 10.2. The summed E-state index contributed by atoms with van der Waals surface area (Å²) in [6, 6.07) is 0. The minimum absolute atomic E-state index is 0.0506. The topological polar surface area (TPSA) is 84.9 Å². The highest BCUT2D eigenvalue weighted by Gasteiger charge is 2.21. The molecule has 19 heavy (non-hydrogen) atoms. The van der Waals surface area contributed by atoms with Crippen LogP contribution in [0.15, 0.2) is 0 Å². The van der Waals surface area contributed by atoms with Gasteiger partial charge in [0.1, 0.15) is 0 Å². The summed E-state index contributed by atoms with van der Waals surface area (Å²) in [6.45, 7) is 1.40. The maximum atomic E-state index is 11.7. The van der Waals surface area contributed by atoms with Gasteiger partial charge in [-0.15, -0.1) is 0 Å². The van der Waals surface area contributed by atoms with Gasteiger partial charge in [-0.25, -0.2) is 8.42 Å². The van der Waals surface area contributed by atoms with Crippen LogP contribution in [-0.4, -0.2) is 70.9 Å². The fourth-order valence-corrected chi connectivity index (χ4v) is 2.56. The quantitative estimate of drug-likeness (QED) is 0.633. The van der Waals surface area contributed by atoms with Crippen molar-refractivity contribution in [1.29, 1.82) is 0 Å². The number of sulfonamides is 1. The first-order chi connectivity index (χ1) is 8.93. The summed E-state index contributed by atoms with van der Waals surface area (Å²) in [4.78, 5) is 11.7. The molecule has 0 radical (unpaired) electrons. The molecule has 1 heterocycles. The first-order valence-electron chi connectivity index (χ1n) is 6.26. The zero-order valence-corrected chi connectivity index (χ0v) is 12.2. The van der Waals surface area contributed by atoms with Crippen molar-refractivity contribution in [3.05, 3.63) is 0 Å². The number of methoxy groups -OCH3 is 1. The normalized spacial score (nSPS) is 19.8. The van der Waals surface area contributed by atoms with Crippen LogP contribution in [0.4, 0.5) is 0 Å². The van der Waals surface area contributed by atoms with Crippen molar-refractivity contribution >= 4 is 15.9 Å². The van der Waals surface area contributed by atoms with E-state index in [1.165, 1.54) is 7.11 Å². The van der Waals surface area contributed by atoms with E-state index < -0.39 is 10.0 Å². The molecule has 112 valence electrons. The first-order valence-corrected chi connectivity index (χ1v) is 8.10. The molecule has 1 aliphatic rings. The Bertz CT molecular complexity index is 379. The van der Waals surface area contributed by atoms with Gasteiger partial charge in [-0.1, -0.05) is 0 Å². The predicted octanol–water partition coefficient (Wildman–Crippen LogP) is -0.810. The van der Waals surface area contributed by atoms with E-state index in [0.29, 0.717) is 6.54 Å². The monoisotopic (exact) mass is 294 g/mol. The molecule has 1 N–H and O–H groups in total. The molecule has 1 aliphatic heterocycles. The van der Waals surface area contributed by atoms with E-state index in [1.54, 1.807) is 0 Å². The van der Waals surface area contributed by atoms with Crippen LogP contribution >= 0.6 is 0 Å². The average Bonchev–Trinajstić information content (AvgIpc) is 2.83. The number of hydrogen-bond donors (Lipinski definition) is 1. The molecule has 0 aromatic rings. The second-order valence-electron chi connectivity index (χ2n) is 4.53. The van der Waals surface area contributed by atoms with Gasteiger partial charge in [-0.05, 0) is 12.8 Å². The molecule has 0 spiro atoms. The molecular formula is C11H22N2O5S. The van der Waals surface area contributed by atoms with Crippen molar-refractivity contribution in [2.24, 2.45) is 0 Å². The second-order valence-corrected chi connectivity index (χ2v) is 6.51. The van der Waals surface area contributed by atoms with Crippen molar-refractivity contribution in [2.45, 2.75) is 18.9 Å². The van der Waals surface area contributed by atoms with Crippen molar-refractivity contribution in [1.82, 2.24) is 9.62 Å². The van der Waals surface area contributed by atoms with Gasteiger partial charge in [0.25, 0.3) is 0 Å². The van der Waals surface area contributed by atoms with Crippen LogP contribution in [-0.2, 0) is 24.3 Å². The predicted molar refractivity (Wildman–Crippen MR) is 70.3 cm³/mol. The van der Waals surface area contributed by atoms with Crippen LogP contribution in [0.1, 0.15) is 12.8 Å². The molecule has 1 amide bonds. The Morgan fingerprint density at radius 1 is 1.53 bits per heavy atom.